The molecule has 1 heterocycles. The number of halogens is 3. The van der Waals surface area contributed by atoms with Gasteiger partial charge in [0, 0.05) is 43.4 Å². The topological polar surface area (TPSA) is 119 Å². The number of nitrogens with one attached hydrogen (secondary N) is 1. The summed E-state index contributed by atoms with van der Waals surface area (Å²) in [5.41, 5.74) is -6.15. The molecule has 0 aromatic heterocycles. The molecule has 1 atom stereocenters. The molecule has 212 valence electrons. The maximum absolute atomic E-state index is 13.5. The quantitative estimate of drug-likeness (QED) is 0.373. The Bertz CT molecular complexity index is 1300. The number of benzene rings is 2. The van der Waals surface area contributed by atoms with Crippen LogP contribution in [0.2, 0.25) is 0 Å². The molecular weight excluding hydrogens is 563 g/mol. The van der Waals surface area contributed by atoms with Crippen LogP contribution in [0.15, 0.2) is 63.2 Å². The first kappa shape index (κ1) is 30.7. The smallest absolute Gasteiger partial charge is 0.380 e. The second-order valence-corrected chi connectivity index (χ2v) is 14.0. The van der Waals surface area contributed by atoms with E-state index in [0.29, 0.717) is 24.8 Å². The van der Waals surface area contributed by atoms with E-state index in [4.69, 9.17) is 9.88 Å². The Morgan fingerprint density at radius 3 is 2.29 bits per heavy atom. The highest BCUT2D eigenvalue weighted by Crippen LogP contribution is 2.36. The first-order valence-corrected chi connectivity index (χ1v) is 15.9. The number of rotatable bonds is 11. The summed E-state index contributed by atoms with van der Waals surface area (Å²) in [6.07, 6.45) is 2.18. The van der Waals surface area contributed by atoms with Gasteiger partial charge in [-0.1, -0.05) is 18.2 Å². The third-order valence-electron chi connectivity index (χ3n) is 6.63. The van der Waals surface area contributed by atoms with E-state index in [1.165, 1.54) is 11.8 Å². The van der Waals surface area contributed by atoms with Crippen LogP contribution in [0.25, 0.3) is 0 Å². The molecule has 0 saturated carbocycles. The maximum Gasteiger partial charge on any atom is 0.501 e. The molecule has 14 heteroatoms. The minimum absolute atomic E-state index is 0.191. The minimum Gasteiger partial charge on any atom is -0.380 e. The number of alkyl halides is 3. The fraction of sp³-hybridized carbons (Fsp3) is 0.500. The van der Waals surface area contributed by atoms with Gasteiger partial charge in [0.15, 0.2) is 0 Å². The van der Waals surface area contributed by atoms with Gasteiger partial charge in [0.2, 0.25) is 10.0 Å². The van der Waals surface area contributed by atoms with Gasteiger partial charge in [-0.3, -0.25) is 0 Å². The average molecular weight is 596 g/mol. The fourth-order valence-electron chi connectivity index (χ4n) is 4.07. The fourth-order valence-corrected chi connectivity index (χ4v) is 6.62. The van der Waals surface area contributed by atoms with Crippen LogP contribution in [0.1, 0.15) is 26.2 Å². The Labute approximate surface area is 226 Å². The number of nitrogens with two attached hydrogens (primary N) is 1. The number of hydrogen-bond donors (Lipinski definition) is 2. The van der Waals surface area contributed by atoms with Crippen molar-refractivity contribution in [3.63, 3.8) is 0 Å². The Hall–Kier alpha value is -1.84. The molecule has 2 aromatic carbocycles. The highest BCUT2D eigenvalue weighted by atomic mass is 32.2. The van der Waals surface area contributed by atoms with Crippen molar-refractivity contribution in [2.45, 2.75) is 58.0 Å². The Balaban J connectivity index is 1.87. The molecule has 3 rings (SSSR count). The van der Waals surface area contributed by atoms with E-state index in [-0.39, 0.29) is 11.3 Å². The highest BCUT2D eigenvalue weighted by molar-refractivity contribution is 7.99. The summed E-state index contributed by atoms with van der Waals surface area (Å²) in [6, 6.07) is 11.4. The molecule has 2 aromatic rings. The van der Waals surface area contributed by atoms with E-state index in [1.54, 1.807) is 7.11 Å². The van der Waals surface area contributed by atoms with Crippen molar-refractivity contribution in [2.75, 3.05) is 37.8 Å². The molecule has 1 aliphatic rings. The predicted molar refractivity (Wildman–Crippen MR) is 141 cm³/mol. The predicted octanol–water partition coefficient (Wildman–Crippen LogP) is 4.09. The number of nitrogens with zero attached hydrogens (tertiary/aromatic N) is 1. The number of ether oxygens (including phenoxy) is 1. The van der Waals surface area contributed by atoms with Gasteiger partial charge in [-0.2, -0.15) is 13.2 Å². The first-order chi connectivity index (χ1) is 17.6. The molecule has 0 amide bonds. The van der Waals surface area contributed by atoms with Crippen molar-refractivity contribution in [1.82, 2.24) is 4.90 Å². The summed E-state index contributed by atoms with van der Waals surface area (Å²) in [5, 5.41) is 8.01. The number of likely N-dealkylation sites (tertiary alicyclic amines) is 1. The molecule has 0 bridgehead atoms. The second-order valence-electron chi connectivity index (χ2n) is 9.40. The molecule has 0 radical (unpaired) electrons. The number of sulfonamides is 1. The van der Waals surface area contributed by atoms with Gasteiger partial charge in [0.05, 0.1) is 16.2 Å². The van der Waals surface area contributed by atoms with E-state index in [0.717, 1.165) is 43.0 Å². The van der Waals surface area contributed by atoms with Gasteiger partial charge in [-0.25, -0.2) is 22.0 Å². The third kappa shape index (κ3) is 7.85. The van der Waals surface area contributed by atoms with Crippen molar-refractivity contribution in [1.29, 1.82) is 0 Å². The summed E-state index contributed by atoms with van der Waals surface area (Å²) in [6.45, 7) is 4.27. The number of hydrogen-bond acceptors (Lipinski definition) is 8. The molecular formula is C24H32F3N3O5S3. The Kier molecular flexibility index (Phi) is 9.80. The Morgan fingerprint density at radius 2 is 1.74 bits per heavy atom. The van der Waals surface area contributed by atoms with E-state index in [2.05, 4.69) is 17.1 Å². The van der Waals surface area contributed by atoms with Crippen molar-refractivity contribution in [3.05, 3.63) is 48.5 Å². The number of sulfone groups is 1. The lowest BCUT2D eigenvalue weighted by molar-refractivity contribution is -0.0437. The molecule has 0 spiro atoms. The standard InChI is InChI=1S/C24H32F3N3O5S3/c1-23(35-2)11-14-30(15-12-23)13-10-18(17-36-19-6-4-3-5-7-19)29-21-9-8-20(38(28,33)34)16-22(21)37(31,32)24(25,26)27/h3-9,16,18,29H,10-15,17H2,1-2H3,(H2,28,33,34)/t18-/m1/s1. The summed E-state index contributed by atoms with van der Waals surface area (Å²) < 4.78 is 94.4. The van der Waals surface area contributed by atoms with Gasteiger partial charge >= 0.3 is 5.51 Å². The van der Waals surface area contributed by atoms with E-state index in [1.807, 2.05) is 30.3 Å². The summed E-state index contributed by atoms with van der Waals surface area (Å²) in [5.74, 6) is 0.427. The average Bonchev–Trinajstić information content (AvgIpc) is 2.86. The molecule has 8 nitrogen and oxygen atoms in total. The van der Waals surface area contributed by atoms with Crippen LogP contribution in [0.5, 0.6) is 0 Å². The van der Waals surface area contributed by atoms with Crippen molar-refractivity contribution in [3.8, 4) is 0 Å². The van der Waals surface area contributed by atoms with Crippen LogP contribution >= 0.6 is 11.8 Å². The maximum atomic E-state index is 13.5. The van der Waals surface area contributed by atoms with Gasteiger partial charge < -0.3 is 15.0 Å². The number of methoxy groups -OCH3 is 1. The van der Waals surface area contributed by atoms with Gasteiger partial charge in [-0.15, -0.1) is 11.8 Å². The third-order valence-corrected chi connectivity index (χ3v) is 10.2. The van der Waals surface area contributed by atoms with Crippen LogP contribution in [-0.2, 0) is 24.6 Å². The van der Waals surface area contributed by atoms with Crippen molar-refractivity contribution >= 4 is 37.3 Å². The van der Waals surface area contributed by atoms with Crippen LogP contribution in [0.4, 0.5) is 18.9 Å². The van der Waals surface area contributed by atoms with Crippen molar-refractivity contribution in [2.24, 2.45) is 5.14 Å². The van der Waals surface area contributed by atoms with E-state index < -0.39 is 41.2 Å². The zero-order chi connectivity index (χ0) is 28.2. The number of piperidine rings is 1. The highest BCUT2D eigenvalue weighted by Gasteiger charge is 2.48. The second kappa shape index (κ2) is 12.1. The lowest BCUT2D eigenvalue weighted by Crippen LogP contribution is -2.44. The summed E-state index contributed by atoms with van der Waals surface area (Å²) in [4.78, 5) is 1.27. The molecule has 1 aliphatic heterocycles. The number of thioether (sulfide) groups is 1. The number of primary sulfonamides is 1. The van der Waals surface area contributed by atoms with E-state index >= 15 is 0 Å². The monoisotopic (exact) mass is 595 g/mol. The Morgan fingerprint density at radius 1 is 1.11 bits per heavy atom. The lowest BCUT2D eigenvalue weighted by Gasteiger charge is -2.38. The SMILES string of the molecule is COC1(C)CCN(CC[C@H](CSc2ccccc2)Nc2ccc(S(N)(=O)=O)cc2S(=O)(=O)C(F)(F)F)CC1. The zero-order valence-corrected chi connectivity index (χ0v) is 23.5. The van der Waals surface area contributed by atoms with Crippen LogP contribution < -0.4 is 10.5 Å². The molecule has 3 N–H and O–H groups in total. The molecule has 1 fully saturated rings. The normalized spacial score (nSPS) is 17.7. The van der Waals surface area contributed by atoms with E-state index in [9.17, 15) is 30.0 Å². The van der Waals surface area contributed by atoms with Gasteiger partial charge in [0.1, 0.15) is 4.90 Å². The molecule has 0 unspecified atom stereocenters. The summed E-state index contributed by atoms with van der Waals surface area (Å²) in [7, 11) is -8.62. The molecule has 38 heavy (non-hydrogen) atoms. The number of anilines is 1. The van der Waals surface area contributed by atoms with Crippen LogP contribution in [-0.4, -0.2) is 71.4 Å². The summed E-state index contributed by atoms with van der Waals surface area (Å²) >= 11 is 1.48. The van der Waals surface area contributed by atoms with Crippen LogP contribution in [0, 0.1) is 0 Å². The van der Waals surface area contributed by atoms with Crippen molar-refractivity contribution < 1.29 is 34.7 Å². The van der Waals surface area contributed by atoms with Gasteiger partial charge in [0.25, 0.3) is 9.84 Å². The zero-order valence-electron chi connectivity index (χ0n) is 21.1. The largest absolute Gasteiger partial charge is 0.501 e. The molecule has 0 aliphatic carbocycles. The lowest BCUT2D eigenvalue weighted by atomic mass is 9.93. The minimum atomic E-state index is -5.87. The first-order valence-electron chi connectivity index (χ1n) is 11.8. The van der Waals surface area contributed by atoms with Gasteiger partial charge in [-0.05, 0) is 56.5 Å². The molecule has 1 saturated heterocycles. The van der Waals surface area contributed by atoms with Crippen LogP contribution in [0.3, 0.4) is 0 Å².